The Labute approximate surface area is 152 Å². The Bertz CT molecular complexity index is 1110. The fourth-order valence-electron chi connectivity index (χ4n) is 4.10. The first-order valence-corrected chi connectivity index (χ1v) is 9.28. The largest absolute Gasteiger partial charge is 0.456 e. The van der Waals surface area contributed by atoms with Gasteiger partial charge in [0.05, 0.1) is 10.9 Å². The van der Waals surface area contributed by atoms with Gasteiger partial charge >= 0.3 is 0 Å². The number of hydrogen-bond donors (Lipinski definition) is 1. The molecule has 1 aliphatic heterocycles. The lowest BCUT2D eigenvalue weighted by Crippen LogP contribution is -2.03. The number of hydrogen-bond acceptors (Lipinski definition) is 2. The Kier molecular flexibility index (Phi) is 3.32. The molecule has 0 bridgehead atoms. The summed E-state index contributed by atoms with van der Waals surface area (Å²) in [6, 6.07) is 21.4. The minimum atomic E-state index is 0.369. The highest BCUT2D eigenvalue weighted by molar-refractivity contribution is 7.80. The van der Waals surface area contributed by atoms with Gasteiger partial charge in [-0.3, -0.25) is 0 Å². The molecule has 0 saturated carbocycles. The molecule has 3 heteroatoms. The minimum absolute atomic E-state index is 0.369. The summed E-state index contributed by atoms with van der Waals surface area (Å²) < 4.78 is 8.77. The van der Waals surface area contributed by atoms with E-state index in [-0.39, 0.29) is 0 Å². The van der Waals surface area contributed by atoms with Gasteiger partial charge in [-0.2, -0.15) is 12.6 Å². The van der Waals surface area contributed by atoms with Crippen molar-refractivity contribution in [1.29, 1.82) is 0 Å². The molecule has 4 aromatic rings. The van der Waals surface area contributed by atoms with Crippen LogP contribution in [0.2, 0.25) is 0 Å². The van der Waals surface area contributed by atoms with Crippen molar-refractivity contribution in [2.24, 2.45) is 7.05 Å². The number of aromatic nitrogens is 1. The van der Waals surface area contributed by atoms with Crippen molar-refractivity contribution in [3.63, 3.8) is 0 Å². The standard InChI is InChI=1S/C22H19NOS/c1-23-18-8-4-2-7-17(18)21-19(23)11-10-14-12-15(13-25)16-6-3-5-9-20(16)24-22(14)21/h2-11,15,25H,12-13H2,1H3. The zero-order chi connectivity index (χ0) is 17.0. The third kappa shape index (κ3) is 2.12. The number of para-hydroxylation sites is 2. The van der Waals surface area contributed by atoms with E-state index in [0.717, 1.165) is 23.7 Å². The van der Waals surface area contributed by atoms with Gasteiger partial charge in [0.25, 0.3) is 0 Å². The maximum Gasteiger partial charge on any atom is 0.140 e. The van der Waals surface area contributed by atoms with E-state index in [1.165, 1.54) is 32.9 Å². The van der Waals surface area contributed by atoms with Gasteiger partial charge in [0.2, 0.25) is 0 Å². The van der Waals surface area contributed by atoms with E-state index in [0.29, 0.717) is 5.92 Å². The SMILES string of the molecule is Cn1c2ccccc2c2c3c(ccc21)CC(CS)c1ccccc1O3. The molecular formula is C22H19NOS. The smallest absolute Gasteiger partial charge is 0.140 e. The maximum absolute atomic E-state index is 6.52. The topological polar surface area (TPSA) is 14.2 Å². The molecule has 0 amide bonds. The molecule has 1 unspecified atom stereocenters. The Morgan fingerprint density at radius 3 is 2.68 bits per heavy atom. The van der Waals surface area contributed by atoms with Crippen molar-refractivity contribution in [2.45, 2.75) is 12.3 Å². The van der Waals surface area contributed by atoms with Crippen LogP contribution in [0.15, 0.2) is 60.7 Å². The number of benzene rings is 3. The van der Waals surface area contributed by atoms with Crippen molar-refractivity contribution in [3.05, 3.63) is 71.8 Å². The molecule has 1 atom stereocenters. The minimum Gasteiger partial charge on any atom is -0.456 e. The Morgan fingerprint density at radius 1 is 1.00 bits per heavy atom. The molecule has 3 aromatic carbocycles. The van der Waals surface area contributed by atoms with Crippen molar-refractivity contribution in [2.75, 3.05) is 5.75 Å². The van der Waals surface area contributed by atoms with E-state index in [4.69, 9.17) is 4.74 Å². The number of ether oxygens (including phenoxy) is 1. The second-order valence-corrected chi connectivity index (χ2v) is 7.11. The van der Waals surface area contributed by atoms with Gasteiger partial charge < -0.3 is 9.30 Å². The number of thiol groups is 1. The third-order valence-electron chi connectivity index (χ3n) is 5.37. The highest BCUT2D eigenvalue weighted by atomic mass is 32.1. The van der Waals surface area contributed by atoms with Crippen molar-refractivity contribution in [3.8, 4) is 11.5 Å². The molecular weight excluding hydrogens is 326 g/mol. The maximum atomic E-state index is 6.52. The van der Waals surface area contributed by atoms with Crippen molar-refractivity contribution >= 4 is 34.4 Å². The first-order valence-electron chi connectivity index (χ1n) is 8.64. The fraction of sp³-hybridized carbons (Fsp3) is 0.182. The molecule has 0 aliphatic carbocycles. The van der Waals surface area contributed by atoms with Gasteiger partial charge in [0.1, 0.15) is 11.5 Å². The molecule has 5 rings (SSSR count). The molecule has 1 aromatic heterocycles. The summed E-state index contributed by atoms with van der Waals surface area (Å²) in [4.78, 5) is 0. The molecule has 0 spiro atoms. The molecule has 2 heterocycles. The lowest BCUT2D eigenvalue weighted by atomic mass is 9.93. The van der Waals surface area contributed by atoms with Crippen LogP contribution in [0, 0.1) is 0 Å². The van der Waals surface area contributed by atoms with Gasteiger partial charge in [-0.15, -0.1) is 0 Å². The Morgan fingerprint density at radius 2 is 1.80 bits per heavy atom. The van der Waals surface area contributed by atoms with Gasteiger partial charge in [-0.1, -0.05) is 42.5 Å². The number of nitrogens with zero attached hydrogens (tertiary/aromatic N) is 1. The van der Waals surface area contributed by atoms with Crippen LogP contribution in [0.25, 0.3) is 21.8 Å². The van der Waals surface area contributed by atoms with E-state index < -0.39 is 0 Å². The summed E-state index contributed by atoms with van der Waals surface area (Å²) in [6.45, 7) is 0. The van der Waals surface area contributed by atoms with E-state index >= 15 is 0 Å². The lowest BCUT2D eigenvalue weighted by molar-refractivity contribution is 0.484. The van der Waals surface area contributed by atoms with Crippen LogP contribution in [0.3, 0.4) is 0 Å². The monoisotopic (exact) mass is 345 g/mol. The fourth-order valence-corrected chi connectivity index (χ4v) is 4.42. The molecule has 0 N–H and O–H groups in total. The van der Waals surface area contributed by atoms with Gasteiger partial charge in [0.15, 0.2) is 0 Å². The Hall–Kier alpha value is -2.39. The Balaban J connectivity index is 1.87. The normalized spacial score (nSPS) is 16.3. The summed E-state index contributed by atoms with van der Waals surface area (Å²) in [6.07, 6.45) is 0.953. The quantitative estimate of drug-likeness (QED) is 0.437. The number of aryl methyl sites for hydroxylation is 1. The first kappa shape index (κ1) is 14.9. The van der Waals surface area contributed by atoms with Gasteiger partial charge in [-0.25, -0.2) is 0 Å². The molecule has 124 valence electrons. The summed E-state index contributed by atoms with van der Waals surface area (Å²) in [5, 5.41) is 2.46. The molecule has 2 nitrogen and oxygen atoms in total. The average Bonchev–Trinajstić information content (AvgIpc) is 2.84. The van der Waals surface area contributed by atoms with E-state index in [1.54, 1.807) is 0 Å². The molecule has 0 radical (unpaired) electrons. The highest BCUT2D eigenvalue weighted by Crippen LogP contribution is 2.45. The van der Waals surface area contributed by atoms with Crippen LogP contribution in [-0.4, -0.2) is 10.3 Å². The van der Waals surface area contributed by atoms with Crippen LogP contribution in [0.1, 0.15) is 17.0 Å². The van der Waals surface area contributed by atoms with Gasteiger partial charge in [-0.05, 0) is 41.5 Å². The van der Waals surface area contributed by atoms with Crippen molar-refractivity contribution < 1.29 is 4.74 Å². The van der Waals surface area contributed by atoms with E-state index in [1.807, 2.05) is 6.07 Å². The number of fused-ring (bicyclic) bond motifs is 6. The molecule has 0 saturated heterocycles. The zero-order valence-corrected chi connectivity index (χ0v) is 15.0. The van der Waals surface area contributed by atoms with E-state index in [2.05, 4.69) is 78.8 Å². The second kappa shape index (κ2) is 5.57. The summed E-state index contributed by atoms with van der Waals surface area (Å²) in [7, 11) is 2.12. The summed E-state index contributed by atoms with van der Waals surface area (Å²) in [5.74, 6) is 3.15. The summed E-state index contributed by atoms with van der Waals surface area (Å²) in [5.41, 5.74) is 4.96. The average molecular weight is 345 g/mol. The van der Waals surface area contributed by atoms with Crippen LogP contribution < -0.4 is 4.74 Å². The molecule has 25 heavy (non-hydrogen) atoms. The summed E-state index contributed by atoms with van der Waals surface area (Å²) >= 11 is 4.60. The predicted molar refractivity (Wildman–Crippen MR) is 107 cm³/mol. The molecule has 1 aliphatic rings. The van der Waals surface area contributed by atoms with Gasteiger partial charge in [0, 0.05) is 23.9 Å². The second-order valence-electron chi connectivity index (χ2n) is 6.75. The van der Waals surface area contributed by atoms with Crippen LogP contribution >= 0.6 is 12.6 Å². The lowest BCUT2D eigenvalue weighted by Gasteiger charge is -2.13. The van der Waals surface area contributed by atoms with Crippen molar-refractivity contribution in [1.82, 2.24) is 4.57 Å². The van der Waals surface area contributed by atoms with Crippen LogP contribution in [0.5, 0.6) is 11.5 Å². The van der Waals surface area contributed by atoms with E-state index in [9.17, 15) is 0 Å². The number of rotatable bonds is 1. The highest BCUT2D eigenvalue weighted by Gasteiger charge is 2.25. The predicted octanol–water partition coefficient (Wildman–Crippen LogP) is 5.69. The molecule has 0 fully saturated rings. The third-order valence-corrected chi connectivity index (χ3v) is 5.81. The zero-order valence-electron chi connectivity index (χ0n) is 14.1. The van der Waals surface area contributed by atoms with Crippen LogP contribution in [-0.2, 0) is 13.5 Å². The first-order chi connectivity index (χ1) is 12.3. The van der Waals surface area contributed by atoms with Crippen LogP contribution in [0.4, 0.5) is 0 Å².